The van der Waals surface area contributed by atoms with Gasteiger partial charge >= 0.3 is 0 Å². The molecular formula is C16H23BrN2O2. The molecule has 1 amide bonds. The third-order valence-electron chi connectivity index (χ3n) is 4.97. The average molecular weight is 355 g/mol. The monoisotopic (exact) mass is 354 g/mol. The van der Waals surface area contributed by atoms with Crippen molar-refractivity contribution in [1.82, 2.24) is 9.88 Å². The van der Waals surface area contributed by atoms with Gasteiger partial charge < -0.3 is 9.88 Å². The van der Waals surface area contributed by atoms with Gasteiger partial charge in [0.2, 0.25) is 5.91 Å². The molecule has 116 valence electrons. The van der Waals surface area contributed by atoms with Crippen LogP contribution >= 0.6 is 15.9 Å². The second-order valence-corrected chi connectivity index (χ2v) is 7.31. The standard InChI is InChI=1S/C16H23BrN2O2/c1-11(2)16(3)5-8-19(9-6-16)13(20)10-12-4-7-18-15(21)14(12)17/h4,7,11H,5-6,8-10H2,1-3H3,(H,18,21). The van der Waals surface area contributed by atoms with Crippen molar-refractivity contribution in [2.75, 3.05) is 13.1 Å². The number of piperidine rings is 1. The van der Waals surface area contributed by atoms with E-state index in [4.69, 9.17) is 0 Å². The van der Waals surface area contributed by atoms with Crippen LogP contribution in [0.15, 0.2) is 21.5 Å². The summed E-state index contributed by atoms with van der Waals surface area (Å²) in [5.74, 6) is 0.740. The molecule has 21 heavy (non-hydrogen) atoms. The third kappa shape index (κ3) is 3.57. The molecule has 1 aromatic heterocycles. The normalized spacial score (nSPS) is 18.0. The summed E-state index contributed by atoms with van der Waals surface area (Å²) >= 11 is 3.26. The van der Waals surface area contributed by atoms with E-state index in [1.165, 1.54) is 0 Å². The smallest absolute Gasteiger partial charge is 0.262 e. The van der Waals surface area contributed by atoms with Gasteiger partial charge in [-0.3, -0.25) is 9.59 Å². The molecule has 0 unspecified atom stereocenters. The van der Waals surface area contributed by atoms with Crippen molar-refractivity contribution < 1.29 is 4.79 Å². The number of H-pyrrole nitrogens is 1. The summed E-state index contributed by atoms with van der Waals surface area (Å²) in [7, 11) is 0. The minimum Gasteiger partial charge on any atom is -0.342 e. The van der Waals surface area contributed by atoms with Gasteiger partial charge in [0, 0.05) is 19.3 Å². The van der Waals surface area contributed by atoms with E-state index in [0.717, 1.165) is 31.5 Å². The van der Waals surface area contributed by atoms with Gasteiger partial charge in [0.05, 0.1) is 10.9 Å². The van der Waals surface area contributed by atoms with Crippen LogP contribution in [0, 0.1) is 11.3 Å². The molecule has 0 spiro atoms. The summed E-state index contributed by atoms with van der Waals surface area (Å²) in [5, 5.41) is 0. The van der Waals surface area contributed by atoms with Gasteiger partial charge in [0.1, 0.15) is 0 Å². The molecule has 0 atom stereocenters. The van der Waals surface area contributed by atoms with Crippen LogP contribution in [-0.4, -0.2) is 28.9 Å². The molecule has 1 fully saturated rings. The van der Waals surface area contributed by atoms with Crippen LogP contribution in [0.3, 0.4) is 0 Å². The van der Waals surface area contributed by atoms with Crippen molar-refractivity contribution in [3.63, 3.8) is 0 Å². The molecule has 0 aliphatic carbocycles. The van der Waals surface area contributed by atoms with Crippen LogP contribution in [0.25, 0.3) is 0 Å². The number of nitrogens with zero attached hydrogens (tertiary/aromatic N) is 1. The Morgan fingerprint density at radius 2 is 2.05 bits per heavy atom. The van der Waals surface area contributed by atoms with E-state index < -0.39 is 0 Å². The predicted octanol–water partition coefficient (Wildman–Crippen LogP) is 2.96. The Hall–Kier alpha value is -1.10. The van der Waals surface area contributed by atoms with E-state index in [1.807, 2.05) is 4.90 Å². The molecule has 0 radical (unpaired) electrons. The van der Waals surface area contributed by atoms with Crippen LogP contribution in [0.5, 0.6) is 0 Å². The number of nitrogens with one attached hydrogen (secondary N) is 1. The van der Waals surface area contributed by atoms with Crippen LogP contribution in [-0.2, 0) is 11.2 Å². The number of rotatable bonds is 3. The van der Waals surface area contributed by atoms with Gasteiger partial charge in [-0.2, -0.15) is 0 Å². The van der Waals surface area contributed by atoms with Gasteiger partial charge in [-0.25, -0.2) is 0 Å². The summed E-state index contributed by atoms with van der Waals surface area (Å²) in [6, 6.07) is 1.78. The zero-order valence-electron chi connectivity index (χ0n) is 12.9. The number of carbonyl (C=O) groups excluding carboxylic acids is 1. The molecule has 1 saturated heterocycles. The van der Waals surface area contributed by atoms with E-state index in [9.17, 15) is 9.59 Å². The molecule has 1 aliphatic heterocycles. The zero-order valence-corrected chi connectivity index (χ0v) is 14.5. The maximum atomic E-state index is 12.4. The van der Waals surface area contributed by atoms with Gasteiger partial charge in [0.15, 0.2) is 0 Å². The number of carbonyl (C=O) groups is 1. The van der Waals surface area contributed by atoms with E-state index in [1.54, 1.807) is 12.3 Å². The van der Waals surface area contributed by atoms with Gasteiger partial charge in [-0.15, -0.1) is 0 Å². The molecule has 1 N–H and O–H groups in total. The lowest BCUT2D eigenvalue weighted by atomic mass is 9.72. The quantitative estimate of drug-likeness (QED) is 0.906. The summed E-state index contributed by atoms with van der Waals surface area (Å²) in [5.41, 5.74) is 0.897. The Balaban J connectivity index is 2.00. The second kappa shape index (κ2) is 6.34. The molecule has 2 heterocycles. The highest BCUT2D eigenvalue weighted by Crippen LogP contribution is 2.38. The first-order valence-electron chi connectivity index (χ1n) is 7.47. The number of pyridine rings is 1. The molecule has 1 aliphatic rings. The van der Waals surface area contributed by atoms with Crippen LogP contribution in [0.2, 0.25) is 0 Å². The van der Waals surface area contributed by atoms with Gasteiger partial charge in [-0.05, 0) is 51.7 Å². The molecule has 5 heteroatoms. The maximum Gasteiger partial charge on any atom is 0.262 e. The highest BCUT2D eigenvalue weighted by atomic mass is 79.9. The summed E-state index contributed by atoms with van der Waals surface area (Å²) < 4.78 is 0.461. The lowest BCUT2D eigenvalue weighted by Crippen LogP contribution is -2.44. The lowest BCUT2D eigenvalue weighted by molar-refractivity contribution is -0.133. The second-order valence-electron chi connectivity index (χ2n) is 6.51. The minimum atomic E-state index is -0.189. The van der Waals surface area contributed by atoms with Crippen LogP contribution in [0.1, 0.15) is 39.2 Å². The molecule has 1 aromatic rings. The van der Waals surface area contributed by atoms with E-state index in [-0.39, 0.29) is 17.9 Å². The summed E-state index contributed by atoms with van der Waals surface area (Å²) in [4.78, 5) is 28.5. The molecule has 0 aromatic carbocycles. The first-order valence-corrected chi connectivity index (χ1v) is 8.26. The number of likely N-dealkylation sites (tertiary alicyclic amines) is 1. The average Bonchev–Trinajstić information content (AvgIpc) is 2.44. The van der Waals surface area contributed by atoms with E-state index in [2.05, 4.69) is 41.7 Å². The Bertz CT molecular complexity index is 572. The fourth-order valence-electron chi connectivity index (χ4n) is 2.76. The van der Waals surface area contributed by atoms with Gasteiger partial charge in [0.25, 0.3) is 5.56 Å². The highest BCUT2D eigenvalue weighted by molar-refractivity contribution is 9.10. The number of amides is 1. The van der Waals surface area contributed by atoms with Crippen molar-refractivity contribution in [2.24, 2.45) is 11.3 Å². The van der Waals surface area contributed by atoms with Crippen LogP contribution < -0.4 is 5.56 Å². The van der Waals surface area contributed by atoms with Crippen molar-refractivity contribution >= 4 is 21.8 Å². The first kappa shape index (κ1) is 16.3. The largest absolute Gasteiger partial charge is 0.342 e. The maximum absolute atomic E-state index is 12.4. The number of hydrogen-bond acceptors (Lipinski definition) is 2. The SMILES string of the molecule is CC(C)C1(C)CCN(C(=O)Cc2cc[nH]c(=O)c2Br)CC1. The predicted molar refractivity (Wildman–Crippen MR) is 87.2 cm³/mol. The number of halogens is 1. The van der Waals surface area contributed by atoms with Crippen LogP contribution in [0.4, 0.5) is 0 Å². The first-order chi connectivity index (χ1) is 9.83. The highest BCUT2D eigenvalue weighted by Gasteiger charge is 2.34. The van der Waals surface area contributed by atoms with Crippen molar-refractivity contribution in [2.45, 2.75) is 40.0 Å². The molecule has 2 rings (SSSR count). The van der Waals surface area contributed by atoms with Crippen molar-refractivity contribution in [1.29, 1.82) is 0 Å². The fraction of sp³-hybridized carbons (Fsp3) is 0.625. The van der Waals surface area contributed by atoms with Crippen molar-refractivity contribution in [3.05, 3.63) is 32.7 Å². The lowest BCUT2D eigenvalue weighted by Gasteiger charge is -2.42. The van der Waals surface area contributed by atoms with Gasteiger partial charge in [-0.1, -0.05) is 20.8 Å². The molecular weight excluding hydrogens is 332 g/mol. The van der Waals surface area contributed by atoms with E-state index in [0.29, 0.717) is 15.8 Å². The molecule has 4 nitrogen and oxygen atoms in total. The number of aromatic nitrogens is 1. The van der Waals surface area contributed by atoms with Crippen molar-refractivity contribution in [3.8, 4) is 0 Å². The zero-order chi connectivity index (χ0) is 15.6. The third-order valence-corrected chi connectivity index (χ3v) is 5.84. The Labute approximate surface area is 134 Å². The number of hydrogen-bond donors (Lipinski definition) is 1. The number of aromatic amines is 1. The summed E-state index contributed by atoms with van der Waals surface area (Å²) in [6.45, 7) is 8.45. The molecule has 0 bridgehead atoms. The van der Waals surface area contributed by atoms with E-state index >= 15 is 0 Å². The Kier molecular flexibility index (Phi) is 4.91. The summed E-state index contributed by atoms with van der Waals surface area (Å²) in [6.07, 6.45) is 3.96. The Morgan fingerprint density at radius 3 is 2.62 bits per heavy atom. The Morgan fingerprint density at radius 1 is 1.43 bits per heavy atom. The fourth-order valence-corrected chi connectivity index (χ4v) is 3.14. The topological polar surface area (TPSA) is 53.2 Å². The molecule has 0 saturated carbocycles. The minimum absolute atomic E-state index is 0.104.